The van der Waals surface area contributed by atoms with Crippen LogP contribution in [0.25, 0.3) is 11.0 Å². The van der Waals surface area contributed by atoms with Gasteiger partial charge >= 0.3 is 0 Å². The topological polar surface area (TPSA) is 86.9 Å². The molecule has 6 heteroatoms. The number of hydrogen-bond acceptors (Lipinski definition) is 3. The molecular weight excluding hydrogens is 256 g/mol. The summed E-state index contributed by atoms with van der Waals surface area (Å²) in [6.45, 7) is 1.15. The van der Waals surface area contributed by atoms with Gasteiger partial charge in [-0.1, -0.05) is 12.1 Å². The van der Waals surface area contributed by atoms with E-state index in [1.165, 1.54) is 0 Å². The van der Waals surface area contributed by atoms with Crippen molar-refractivity contribution in [2.45, 2.75) is 19.3 Å². The molecule has 0 aliphatic carbocycles. The SMILES string of the molecule is O=CNCCCNC(=O)CCc1nc2ccccc2[nH]1. The van der Waals surface area contributed by atoms with Gasteiger partial charge in [0.1, 0.15) is 5.82 Å². The summed E-state index contributed by atoms with van der Waals surface area (Å²) in [5.41, 5.74) is 1.91. The second-order valence-corrected chi connectivity index (χ2v) is 4.48. The number of imidazole rings is 1. The Hall–Kier alpha value is -2.37. The quantitative estimate of drug-likeness (QED) is 0.490. The highest BCUT2D eigenvalue weighted by molar-refractivity contribution is 5.77. The van der Waals surface area contributed by atoms with E-state index in [9.17, 15) is 9.59 Å². The molecule has 2 aromatic rings. The lowest BCUT2D eigenvalue weighted by atomic mass is 10.3. The number of fused-ring (bicyclic) bond motifs is 1. The van der Waals surface area contributed by atoms with E-state index in [0.717, 1.165) is 23.3 Å². The summed E-state index contributed by atoms with van der Waals surface area (Å²) in [6.07, 6.45) is 2.38. The van der Waals surface area contributed by atoms with E-state index in [1.54, 1.807) is 0 Å². The molecule has 1 aromatic heterocycles. The molecule has 20 heavy (non-hydrogen) atoms. The maximum atomic E-state index is 11.6. The minimum atomic E-state index is -0.00319. The van der Waals surface area contributed by atoms with Gasteiger partial charge in [-0.3, -0.25) is 9.59 Å². The summed E-state index contributed by atoms with van der Waals surface area (Å²) in [7, 11) is 0. The Morgan fingerprint density at radius 1 is 1.30 bits per heavy atom. The summed E-state index contributed by atoms with van der Waals surface area (Å²) in [5.74, 6) is 0.820. The fraction of sp³-hybridized carbons (Fsp3) is 0.357. The van der Waals surface area contributed by atoms with E-state index in [0.29, 0.717) is 32.3 Å². The molecule has 0 aliphatic heterocycles. The van der Waals surface area contributed by atoms with Crippen LogP contribution in [0.15, 0.2) is 24.3 Å². The van der Waals surface area contributed by atoms with Crippen molar-refractivity contribution in [3.63, 3.8) is 0 Å². The summed E-state index contributed by atoms with van der Waals surface area (Å²) in [6, 6.07) is 7.79. The van der Waals surface area contributed by atoms with Gasteiger partial charge in [0, 0.05) is 25.9 Å². The Labute approximate surface area is 117 Å². The predicted octanol–water partition coefficient (Wildman–Crippen LogP) is 0.748. The van der Waals surface area contributed by atoms with Crippen molar-refractivity contribution in [2.24, 2.45) is 0 Å². The predicted molar refractivity (Wildman–Crippen MR) is 76.1 cm³/mol. The van der Waals surface area contributed by atoms with Crippen molar-refractivity contribution in [1.29, 1.82) is 0 Å². The third-order valence-electron chi connectivity index (χ3n) is 2.93. The molecule has 0 atom stereocenters. The van der Waals surface area contributed by atoms with Gasteiger partial charge in [-0.2, -0.15) is 0 Å². The first-order valence-corrected chi connectivity index (χ1v) is 6.67. The fourth-order valence-electron chi connectivity index (χ4n) is 1.92. The van der Waals surface area contributed by atoms with E-state index in [4.69, 9.17) is 0 Å². The Morgan fingerprint density at radius 3 is 2.95 bits per heavy atom. The molecule has 0 spiro atoms. The van der Waals surface area contributed by atoms with Crippen LogP contribution in [0.3, 0.4) is 0 Å². The first-order chi connectivity index (χ1) is 9.79. The highest BCUT2D eigenvalue weighted by atomic mass is 16.1. The van der Waals surface area contributed by atoms with Gasteiger partial charge in [0.15, 0.2) is 0 Å². The molecule has 0 saturated carbocycles. The summed E-state index contributed by atoms with van der Waals surface area (Å²) in [4.78, 5) is 29.3. The van der Waals surface area contributed by atoms with Gasteiger partial charge < -0.3 is 15.6 Å². The maximum absolute atomic E-state index is 11.6. The molecule has 0 radical (unpaired) electrons. The van der Waals surface area contributed by atoms with Crippen molar-refractivity contribution in [1.82, 2.24) is 20.6 Å². The molecule has 1 heterocycles. The molecule has 0 aliphatic rings. The number of carbonyl (C=O) groups is 2. The van der Waals surface area contributed by atoms with Crippen LogP contribution in [0.2, 0.25) is 0 Å². The monoisotopic (exact) mass is 274 g/mol. The third-order valence-corrected chi connectivity index (χ3v) is 2.93. The van der Waals surface area contributed by atoms with Crippen molar-refractivity contribution >= 4 is 23.4 Å². The second kappa shape index (κ2) is 7.28. The number of aromatic amines is 1. The highest BCUT2D eigenvalue weighted by Crippen LogP contribution is 2.11. The van der Waals surface area contributed by atoms with Crippen LogP contribution >= 0.6 is 0 Å². The van der Waals surface area contributed by atoms with Gasteiger partial charge in [-0.05, 0) is 18.6 Å². The van der Waals surface area contributed by atoms with Crippen LogP contribution in [-0.2, 0) is 16.0 Å². The van der Waals surface area contributed by atoms with E-state index < -0.39 is 0 Å². The molecule has 0 fully saturated rings. The maximum Gasteiger partial charge on any atom is 0.220 e. The van der Waals surface area contributed by atoms with Gasteiger partial charge in [-0.15, -0.1) is 0 Å². The molecule has 0 bridgehead atoms. The Balaban J connectivity index is 1.71. The van der Waals surface area contributed by atoms with E-state index >= 15 is 0 Å². The molecule has 3 N–H and O–H groups in total. The van der Waals surface area contributed by atoms with Crippen molar-refractivity contribution in [3.05, 3.63) is 30.1 Å². The fourth-order valence-corrected chi connectivity index (χ4v) is 1.92. The molecule has 0 saturated heterocycles. The normalized spacial score (nSPS) is 10.4. The van der Waals surface area contributed by atoms with E-state index in [2.05, 4.69) is 20.6 Å². The lowest BCUT2D eigenvalue weighted by Crippen LogP contribution is -2.27. The van der Waals surface area contributed by atoms with Crippen molar-refractivity contribution in [3.8, 4) is 0 Å². The molecule has 1 aromatic carbocycles. The number of aryl methyl sites for hydroxylation is 1. The number of nitrogens with zero attached hydrogens (tertiary/aromatic N) is 1. The van der Waals surface area contributed by atoms with Crippen LogP contribution in [0.5, 0.6) is 0 Å². The molecule has 106 valence electrons. The number of aromatic nitrogens is 2. The smallest absolute Gasteiger partial charge is 0.220 e. The third kappa shape index (κ3) is 4.08. The molecule has 2 amide bonds. The Bertz CT molecular complexity index is 546. The molecule has 6 nitrogen and oxygen atoms in total. The number of nitrogens with one attached hydrogen (secondary N) is 3. The number of para-hydroxylation sites is 2. The average molecular weight is 274 g/mol. The highest BCUT2D eigenvalue weighted by Gasteiger charge is 2.05. The Kier molecular flexibility index (Phi) is 5.11. The minimum Gasteiger partial charge on any atom is -0.359 e. The first kappa shape index (κ1) is 14.0. The zero-order valence-electron chi connectivity index (χ0n) is 11.2. The van der Waals surface area contributed by atoms with Gasteiger partial charge in [0.05, 0.1) is 11.0 Å². The molecule has 2 rings (SSSR count). The van der Waals surface area contributed by atoms with E-state index in [1.807, 2.05) is 24.3 Å². The molecule has 0 unspecified atom stereocenters. The number of hydrogen-bond donors (Lipinski definition) is 3. The zero-order chi connectivity index (χ0) is 14.2. The minimum absolute atomic E-state index is 0.00319. The average Bonchev–Trinajstić information content (AvgIpc) is 2.88. The lowest BCUT2D eigenvalue weighted by molar-refractivity contribution is -0.121. The number of carbonyl (C=O) groups excluding carboxylic acids is 2. The summed E-state index contributed by atoms with van der Waals surface area (Å²) in [5, 5.41) is 5.36. The molecular formula is C14H18N4O2. The van der Waals surface area contributed by atoms with Crippen LogP contribution in [0, 0.1) is 0 Å². The summed E-state index contributed by atoms with van der Waals surface area (Å²) < 4.78 is 0. The second-order valence-electron chi connectivity index (χ2n) is 4.48. The Morgan fingerprint density at radius 2 is 2.15 bits per heavy atom. The van der Waals surface area contributed by atoms with Crippen LogP contribution in [0.1, 0.15) is 18.7 Å². The van der Waals surface area contributed by atoms with Gasteiger partial charge in [0.2, 0.25) is 12.3 Å². The number of amides is 2. The van der Waals surface area contributed by atoms with E-state index in [-0.39, 0.29) is 5.91 Å². The first-order valence-electron chi connectivity index (χ1n) is 6.67. The van der Waals surface area contributed by atoms with Crippen molar-refractivity contribution in [2.75, 3.05) is 13.1 Å². The van der Waals surface area contributed by atoms with Crippen LogP contribution in [0.4, 0.5) is 0 Å². The van der Waals surface area contributed by atoms with Crippen molar-refractivity contribution < 1.29 is 9.59 Å². The number of benzene rings is 1. The number of H-pyrrole nitrogens is 1. The van der Waals surface area contributed by atoms with Gasteiger partial charge in [0.25, 0.3) is 0 Å². The largest absolute Gasteiger partial charge is 0.359 e. The zero-order valence-corrected chi connectivity index (χ0v) is 11.2. The summed E-state index contributed by atoms with van der Waals surface area (Å²) >= 11 is 0. The standard InChI is InChI=1S/C14H18N4O2/c19-10-15-8-3-9-16-14(20)7-6-13-17-11-4-1-2-5-12(11)18-13/h1-2,4-5,10H,3,6-9H2,(H,15,19)(H,16,20)(H,17,18). The van der Waals surface area contributed by atoms with Crippen LogP contribution < -0.4 is 10.6 Å². The van der Waals surface area contributed by atoms with Crippen LogP contribution in [-0.4, -0.2) is 35.4 Å². The number of rotatable bonds is 8. The lowest BCUT2D eigenvalue weighted by Gasteiger charge is -2.03. The van der Waals surface area contributed by atoms with Gasteiger partial charge in [-0.25, -0.2) is 4.98 Å².